The van der Waals surface area contributed by atoms with Crippen LogP contribution in [0.5, 0.6) is 0 Å². The molecule has 2 fully saturated rings. The number of piperazine rings is 1. The Morgan fingerprint density at radius 2 is 1.90 bits per heavy atom. The summed E-state index contributed by atoms with van der Waals surface area (Å²) in [6, 6.07) is 7.13. The van der Waals surface area contributed by atoms with Gasteiger partial charge >= 0.3 is 6.03 Å². The van der Waals surface area contributed by atoms with E-state index in [0.29, 0.717) is 31.7 Å². The SMILES string of the molecule is CN1CCN(c2cc(CNC(=O)NC3CCN(c4ccc(F)cc4F)C3)ccn2)CC1. The first-order valence-corrected chi connectivity index (χ1v) is 10.6. The third-order valence-corrected chi connectivity index (χ3v) is 5.86. The second kappa shape index (κ2) is 9.47. The van der Waals surface area contributed by atoms with E-state index in [4.69, 9.17) is 0 Å². The van der Waals surface area contributed by atoms with Crippen molar-refractivity contribution in [1.82, 2.24) is 20.5 Å². The summed E-state index contributed by atoms with van der Waals surface area (Å²) < 4.78 is 27.1. The van der Waals surface area contributed by atoms with Crippen molar-refractivity contribution in [2.75, 3.05) is 56.1 Å². The average molecular weight is 431 g/mol. The number of hydrogen-bond donors (Lipinski definition) is 2. The number of aromatic nitrogens is 1. The van der Waals surface area contributed by atoms with Crippen LogP contribution in [-0.4, -0.2) is 68.3 Å². The number of nitrogens with one attached hydrogen (secondary N) is 2. The van der Waals surface area contributed by atoms with Crippen molar-refractivity contribution in [1.29, 1.82) is 0 Å². The summed E-state index contributed by atoms with van der Waals surface area (Å²) in [5.74, 6) is -0.249. The van der Waals surface area contributed by atoms with E-state index in [1.165, 1.54) is 12.1 Å². The molecule has 4 rings (SSSR count). The summed E-state index contributed by atoms with van der Waals surface area (Å²) in [5, 5.41) is 5.83. The van der Waals surface area contributed by atoms with Crippen molar-refractivity contribution in [3.8, 4) is 0 Å². The van der Waals surface area contributed by atoms with E-state index >= 15 is 0 Å². The normalized spacial score (nSPS) is 19.5. The lowest BCUT2D eigenvalue weighted by Gasteiger charge is -2.33. The highest BCUT2D eigenvalue weighted by molar-refractivity contribution is 5.74. The molecule has 1 aromatic heterocycles. The van der Waals surface area contributed by atoms with Crippen LogP contribution in [0.15, 0.2) is 36.5 Å². The number of amides is 2. The molecule has 1 atom stereocenters. The summed E-state index contributed by atoms with van der Waals surface area (Å²) in [6.45, 7) is 5.38. The molecule has 2 N–H and O–H groups in total. The summed E-state index contributed by atoms with van der Waals surface area (Å²) in [4.78, 5) is 23.2. The Morgan fingerprint density at radius 3 is 2.68 bits per heavy atom. The van der Waals surface area contributed by atoms with Gasteiger partial charge < -0.3 is 25.3 Å². The summed E-state index contributed by atoms with van der Waals surface area (Å²) >= 11 is 0. The molecule has 1 aromatic carbocycles. The van der Waals surface area contributed by atoms with E-state index in [9.17, 15) is 13.6 Å². The van der Waals surface area contributed by atoms with Gasteiger partial charge in [0.25, 0.3) is 0 Å². The predicted octanol–water partition coefficient (Wildman–Crippen LogP) is 2.19. The zero-order chi connectivity index (χ0) is 21.8. The van der Waals surface area contributed by atoms with E-state index in [1.807, 2.05) is 17.0 Å². The molecule has 2 aliphatic heterocycles. The zero-order valence-electron chi connectivity index (χ0n) is 17.7. The first kappa shape index (κ1) is 21.3. The van der Waals surface area contributed by atoms with Crippen LogP contribution in [0.3, 0.4) is 0 Å². The molecule has 2 amide bonds. The molecule has 9 heteroatoms. The molecule has 0 saturated carbocycles. The van der Waals surface area contributed by atoms with Gasteiger partial charge in [0, 0.05) is 64.1 Å². The van der Waals surface area contributed by atoms with Gasteiger partial charge in [0.15, 0.2) is 0 Å². The van der Waals surface area contributed by atoms with Crippen molar-refractivity contribution in [3.05, 3.63) is 53.7 Å². The van der Waals surface area contributed by atoms with Gasteiger partial charge in [0.05, 0.1) is 5.69 Å². The van der Waals surface area contributed by atoms with Crippen LogP contribution in [0.4, 0.5) is 25.1 Å². The molecule has 7 nitrogen and oxygen atoms in total. The molecule has 31 heavy (non-hydrogen) atoms. The van der Waals surface area contributed by atoms with Gasteiger partial charge in [-0.2, -0.15) is 0 Å². The standard InChI is InChI=1S/C22H28F2N6O/c1-28-8-10-29(11-9-28)21-12-16(4-6-25-21)14-26-22(31)27-18-5-7-30(15-18)20-3-2-17(23)13-19(20)24/h2-4,6,12-13,18H,5,7-11,14-15H2,1H3,(H2,26,27,31). The minimum atomic E-state index is -0.596. The first-order valence-electron chi connectivity index (χ1n) is 10.6. The largest absolute Gasteiger partial charge is 0.367 e. The van der Waals surface area contributed by atoms with Crippen LogP contribution in [0, 0.1) is 11.6 Å². The number of carbonyl (C=O) groups excluding carboxylic acids is 1. The topological polar surface area (TPSA) is 63.7 Å². The Kier molecular flexibility index (Phi) is 6.50. The molecule has 2 aromatic rings. The van der Waals surface area contributed by atoms with Crippen LogP contribution < -0.4 is 20.4 Å². The lowest BCUT2D eigenvalue weighted by molar-refractivity contribution is 0.237. The van der Waals surface area contributed by atoms with E-state index in [0.717, 1.165) is 43.6 Å². The maximum atomic E-state index is 14.0. The van der Waals surface area contributed by atoms with Crippen LogP contribution in [0.25, 0.3) is 0 Å². The van der Waals surface area contributed by atoms with Crippen LogP contribution in [-0.2, 0) is 6.54 Å². The Hall–Kier alpha value is -2.94. The number of benzene rings is 1. The third-order valence-electron chi connectivity index (χ3n) is 5.86. The fourth-order valence-electron chi connectivity index (χ4n) is 4.03. The lowest BCUT2D eigenvalue weighted by atomic mass is 10.2. The van der Waals surface area contributed by atoms with Crippen molar-refractivity contribution < 1.29 is 13.6 Å². The highest BCUT2D eigenvalue weighted by Gasteiger charge is 2.26. The van der Waals surface area contributed by atoms with Crippen molar-refractivity contribution in [2.24, 2.45) is 0 Å². The summed E-state index contributed by atoms with van der Waals surface area (Å²) in [5.41, 5.74) is 1.35. The monoisotopic (exact) mass is 430 g/mol. The maximum absolute atomic E-state index is 14.0. The van der Waals surface area contributed by atoms with E-state index in [1.54, 1.807) is 6.20 Å². The summed E-state index contributed by atoms with van der Waals surface area (Å²) in [6.07, 6.45) is 2.47. The highest BCUT2D eigenvalue weighted by atomic mass is 19.1. The average Bonchev–Trinajstić information content (AvgIpc) is 3.21. The lowest BCUT2D eigenvalue weighted by Crippen LogP contribution is -2.45. The van der Waals surface area contributed by atoms with Gasteiger partial charge in [-0.15, -0.1) is 0 Å². The Balaban J connectivity index is 1.26. The number of likely N-dealkylation sites (N-methyl/N-ethyl adjacent to an activating group) is 1. The van der Waals surface area contributed by atoms with Crippen molar-refractivity contribution in [3.63, 3.8) is 0 Å². The van der Waals surface area contributed by atoms with Crippen molar-refractivity contribution in [2.45, 2.75) is 19.0 Å². The van der Waals surface area contributed by atoms with Gasteiger partial charge in [0.1, 0.15) is 17.5 Å². The molecule has 3 heterocycles. The highest BCUT2D eigenvalue weighted by Crippen LogP contribution is 2.24. The number of anilines is 2. The molecular formula is C22H28F2N6O. The van der Waals surface area contributed by atoms with E-state index < -0.39 is 11.6 Å². The van der Waals surface area contributed by atoms with E-state index in [-0.39, 0.29) is 12.1 Å². The fourth-order valence-corrected chi connectivity index (χ4v) is 4.03. The number of rotatable bonds is 5. The molecule has 0 spiro atoms. The van der Waals surface area contributed by atoms with E-state index in [2.05, 4.69) is 32.5 Å². The molecule has 0 radical (unpaired) electrons. The zero-order valence-corrected chi connectivity index (χ0v) is 17.7. The van der Waals surface area contributed by atoms with Crippen LogP contribution in [0.1, 0.15) is 12.0 Å². The quantitative estimate of drug-likeness (QED) is 0.762. The summed E-state index contributed by atoms with van der Waals surface area (Å²) in [7, 11) is 2.11. The predicted molar refractivity (Wildman–Crippen MR) is 116 cm³/mol. The number of nitrogens with zero attached hydrogens (tertiary/aromatic N) is 4. The Morgan fingerprint density at radius 1 is 1.10 bits per heavy atom. The molecule has 1 unspecified atom stereocenters. The third kappa shape index (κ3) is 5.41. The maximum Gasteiger partial charge on any atom is 0.315 e. The minimum Gasteiger partial charge on any atom is -0.367 e. The van der Waals surface area contributed by atoms with Gasteiger partial charge in [-0.25, -0.2) is 18.6 Å². The Bertz CT molecular complexity index is 919. The van der Waals surface area contributed by atoms with Gasteiger partial charge in [0.2, 0.25) is 0 Å². The van der Waals surface area contributed by atoms with Gasteiger partial charge in [-0.1, -0.05) is 0 Å². The number of halogens is 2. The molecule has 0 aliphatic carbocycles. The number of carbonyl (C=O) groups is 1. The van der Waals surface area contributed by atoms with Crippen LogP contribution in [0.2, 0.25) is 0 Å². The molecular weight excluding hydrogens is 402 g/mol. The second-order valence-corrected chi connectivity index (χ2v) is 8.17. The fraction of sp³-hybridized carbons (Fsp3) is 0.455. The van der Waals surface area contributed by atoms with Gasteiger partial charge in [-0.3, -0.25) is 0 Å². The smallest absolute Gasteiger partial charge is 0.315 e. The number of pyridine rings is 1. The number of hydrogen-bond acceptors (Lipinski definition) is 5. The Labute approximate surface area is 181 Å². The molecule has 2 aliphatic rings. The molecule has 2 saturated heterocycles. The first-order chi connectivity index (χ1) is 15.0. The van der Waals surface area contributed by atoms with Gasteiger partial charge in [-0.05, 0) is 43.3 Å². The minimum absolute atomic E-state index is 0.0946. The molecule has 0 bridgehead atoms. The number of urea groups is 1. The van der Waals surface area contributed by atoms with Crippen LogP contribution >= 0.6 is 0 Å². The molecule has 166 valence electrons. The van der Waals surface area contributed by atoms with Crippen molar-refractivity contribution >= 4 is 17.5 Å². The second-order valence-electron chi connectivity index (χ2n) is 8.17.